The van der Waals surface area contributed by atoms with Gasteiger partial charge < -0.3 is 9.64 Å². The van der Waals surface area contributed by atoms with Gasteiger partial charge in [-0.15, -0.1) is 0 Å². The number of carbonyl (C=O) groups is 2. The fourth-order valence-corrected chi connectivity index (χ4v) is 2.25. The summed E-state index contributed by atoms with van der Waals surface area (Å²) >= 11 is 0. The maximum Gasteiger partial charge on any atom is 0.409 e. The molecule has 0 aromatic carbocycles. The number of likely N-dealkylation sites (tertiary alicyclic amines) is 1. The summed E-state index contributed by atoms with van der Waals surface area (Å²) in [5.74, 6) is 0.128. The fourth-order valence-electron chi connectivity index (χ4n) is 2.25. The minimum atomic E-state index is -0.312. The number of amides is 1. The quantitative estimate of drug-likeness (QED) is 0.704. The van der Waals surface area contributed by atoms with Crippen LogP contribution in [0.25, 0.3) is 0 Å². The Morgan fingerprint density at radius 1 is 1.40 bits per heavy atom. The highest BCUT2D eigenvalue weighted by Crippen LogP contribution is 2.25. The van der Waals surface area contributed by atoms with Crippen molar-refractivity contribution in [2.24, 2.45) is 0 Å². The van der Waals surface area contributed by atoms with Crippen LogP contribution in [-0.4, -0.2) is 36.0 Å². The average Bonchev–Trinajstić information content (AvgIpc) is 2.16. The molecule has 1 saturated heterocycles. The molecular formula is C11H19NO3. The number of rotatable bonds is 2. The second-order valence-electron chi connectivity index (χ2n) is 4.22. The molecule has 2 atom stereocenters. The number of ether oxygens (including phenoxy) is 1. The molecule has 1 aliphatic rings. The Morgan fingerprint density at radius 3 is 2.60 bits per heavy atom. The molecule has 0 saturated carbocycles. The Balaban J connectivity index is 2.72. The lowest BCUT2D eigenvalue weighted by molar-refractivity contribution is -0.118. The van der Waals surface area contributed by atoms with Gasteiger partial charge in [-0.05, 0) is 33.1 Å². The average molecular weight is 213 g/mol. The molecule has 15 heavy (non-hydrogen) atoms. The second kappa shape index (κ2) is 5.14. The Morgan fingerprint density at radius 2 is 2.07 bits per heavy atom. The first-order chi connectivity index (χ1) is 7.06. The highest BCUT2D eigenvalue weighted by Gasteiger charge is 2.32. The molecule has 0 bridgehead atoms. The molecule has 0 aromatic heterocycles. The summed E-state index contributed by atoms with van der Waals surface area (Å²) in [5, 5.41) is 0. The van der Waals surface area contributed by atoms with Gasteiger partial charge in [0.05, 0.1) is 7.11 Å². The Kier molecular flexibility index (Phi) is 4.12. The van der Waals surface area contributed by atoms with Gasteiger partial charge in [-0.3, -0.25) is 4.79 Å². The first-order valence-corrected chi connectivity index (χ1v) is 5.42. The SMILES string of the molecule is COC(=O)N1[C@H](CC(C)=O)CCC[C@@H]1C. The van der Waals surface area contributed by atoms with Crippen molar-refractivity contribution in [1.82, 2.24) is 4.90 Å². The van der Waals surface area contributed by atoms with Crippen LogP contribution in [0.3, 0.4) is 0 Å². The molecule has 0 N–H and O–H groups in total. The highest BCUT2D eigenvalue weighted by atomic mass is 16.5. The van der Waals surface area contributed by atoms with Crippen LogP contribution in [0.4, 0.5) is 4.79 Å². The highest BCUT2D eigenvalue weighted by molar-refractivity contribution is 5.77. The van der Waals surface area contributed by atoms with Gasteiger partial charge in [0.2, 0.25) is 0 Å². The number of carbonyl (C=O) groups excluding carboxylic acids is 2. The summed E-state index contributed by atoms with van der Waals surface area (Å²) in [6, 6.07) is 0.203. The van der Waals surface area contributed by atoms with Gasteiger partial charge in [-0.2, -0.15) is 0 Å². The van der Waals surface area contributed by atoms with E-state index in [2.05, 4.69) is 0 Å². The maximum atomic E-state index is 11.6. The zero-order valence-corrected chi connectivity index (χ0v) is 9.66. The predicted molar refractivity (Wildman–Crippen MR) is 56.6 cm³/mol. The van der Waals surface area contributed by atoms with Gasteiger partial charge in [0.25, 0.3) is 0 Å². The van der Waals surface area contributed by atoms with Crippen LogP contribution in [0.1, 0.15) is 39.5 Å². The van der Waals surface area contributed by atoms with Gasteiger partial charge in [-0.1, -0.05) is 0 Å². The summed E-state index contributed by atoms with van der Waals surface area (Å²) < 4.78 is 4.75. The van der Waals surface area contributed by atoms with Crippen molar-refractivity contribution < 1.29 is 14.3 Å². The summed E-state index contributed by atoms with van der Waals surface area (Å²) in [6.45, 7) is 3.57. The van der Waals surface area contributed by atoms with Crippen LogP contribution >= 0.6 is 0 Å². The van der Waals surface area contributed by atoms with Crippen LogP contribution in [0, 0.1) is 0 Å². The Labute approximate surface area is 90.6 Å². The van der Waals surface area contributed by atoms with Crippen molar-refractivity contribution in [3.63, 3.8) is 0 Å². The van der Waals surface area contributed by atoms with E-state index in [1.807, 2.05) is 6.92 Å². The molecular weight excluding hydrogens is 194 g/mol. The molecule has 0 spiro atoms. The van der Waals surface area contributed by atoms with E-state index >= 15 is 0 Å². The fraction of sp³-hybridized carbons (Fsp3) is 0.818. The number of ketones is 1. The number of methoxy groups -OCH3 is 1. The Hall–Kier alpha value is -1.06. The number of nitrogens with zero attached hydrogens (tertiary/aromatic N) is 1. The monoisotopic (exact) mass is 213 g/mol. The van der Waals surface area contributed by atoms with Gasteiger partial charge >= 0.3 is 6.09 Å². The lowest BCUT2D eigenvalue weighted by Gasteiger charge is -2.39. The lowest BCUT2D eigenvalue weighted by Crippen LogP contribution is -2.49. The molecule has 0 unspecified atom stereocenters. The molecule has 0 aromatic rings. The zero-order valence-electron chi connectivity index (χ0n) is 9.66. The van der Waals surface area contributed by atoms with E-state index in [1.165, 1.54) is 7.11 Å². The van der Waals surface area contributed by atoms with Crippen molar-refractivity contribution >= 4 is 11.9 Å². The largest absolute Gasteiger partial charge is 0.453 e. The molecule has 0 radical (unpaired) electrons. The summed E-state index contributed by atoms with van der Waals surface area (Å²) in [4.78, 5) is 24.4. The van der Waals surface area contributed by atoms with Crippen LogP contribution in [0.15, 0.2) is 0 Å². The standard InChI is InChI=1S/C11H19NO3/c1-8-5-4-6-10(7-9(2)13)12(8)11(14)15-3/h8,10H,4-7H2,1-3H3/t8-,10-/m0/s1. The van der Waals surface area contributed by atoms with Crippen LogP contribution < -0.4 is 0 Å². The molecule has 4 heteroatoms. The topological polar surface area (TPSA) is 46.6 Å². The van der Waals surface area contributed by atoms with E-state index in [4.69, 9.17) is 4.74 Å². The smallest absolute Gasteiger partial charge is 0.409 e. The van der Waals surface area contributed by atoms with Gasteiger partial charge in [0.1, 0.15) is 5.78 Å². The van der Waals surface area contributed by atoms with E-state index in [9.17, 15) is 9.59 Å². The van der Waals surface area contributed by atoms with E-state index in [0.29, 0.717) is 6.42 Å². The van der Waals surface area contributed by atoms with Gasteiger partial charge in [0.15, 0.2) is 0 Å². The second-order valence-corrected chi connectivity index (χ2v) is 4.22. The van der Waals surface area contributed by atoms with E-state index in [1.54, 1.807) is 11.8 Å². The maximum absolute atomic E-state index is 11.6. The number of piperidine rings is 1. The molecule has 1 heterocycles. The van der Waals surface area contributed by atoms with Crippen LogP contribution in [-0.2, 0) is 9.53 Å². The molecule has 4 nitrogen and oxygen atoms in total. The van der Waals surface area contributed by atoms with Crippen molar-refractivity contribution in [1.29, 1.82) is 0 Å². The van der Waals surface area contributed by atoms with Crippen molar-refractivity contribution in [2.75, 3.05) is 7.11 Å². The minimum Gasteiger partial charge on any atom is -0.453 e. The predicted octanol–water partition coefficient (Wildman–Crippen LogP) is 1.97. The normalized spacial score (nSPS) is 26.2. The first-order valence-electron chi connectivity index (χ1n) is 5.42. The zero-order chi connectivity index (χ0) is 11.4. The molecule has 1 amide bonds. The van der Waals surface area contributed by atoms with Crippen LogP contribution in [0.5, 0.6) is 0 Å². The molecule has 1 aliphatic heterocycles. The third-order valence-electron chi connectivity index (χ3n) is 2.94. The van der Waals surface area contributed by atoms with E-state index in [0.717, 1.165) is 19.3 Å². The summed E-state index contributed by atoms with van der Waals surface area (Å²) in [6.07, 6.45) is 3.10. The van der Waals surface area contributed by atoms with Gasteiger partial charge in [-0.25, -0.2) is 4.79 Å². The van der Waals surface area contributed by atoms with Crippen molar-refractivity contribution in [2.45, 2.75) is 51.6 Å². The molecule has 86 valence electrons. The van der Waals surface area contributed by atoms with Gasteiger partial charge in [0, 0.05) is 18.5 Å². The van der Waals surface area contributed by atoms with Crippen molar-refractivity contribution in [3.05, 3.63) is 0 Å². The number of Topliss-reactive ketones (excluding diaryl/α,β-unsaturated/α-hetero) is 1. The molecule has 1 fully saturated rings. The third kappa shape index (κ3) is 2.94. The third-order valence-corrected chi connectivity index (χ3v) is 2.94. The van der Waals surface area contributed by atoms with E-state index in [-0.39, 0.29) is 24.0 Å². The van der Waals surface area contributed by atoms with Crippen LogP contribution in [0.2, 0.25) is 0 Å². The summed E-state index contributed by atoms with van der Waals surface area (Å²) in [5.41, 5.74) is 0. The molecule has 1 rings (SSSR count). The summed E-state index contributed by atoms with van der Waals surface area (Å²) in [7, 11) is 1.38. The molecule has 0 aliphatic carbocycles. The number of hydrogen-bond donors (Lipinski definition) is 0. The number of hydrogen-bond acceptors (Lipinski definition) is 3. The van der Waals surface area contributed by atoms with Crippen molar-refractivity contribution in [3.8, 4) is 0 Å². The lowest BCUT2D eigenvalue weighted by atomic mass is 9.94. The van der Waals surface area contributed by atoms with E-state index < -0.39 is 0 Å². The first kappa shape index (κ1) is 12.0. The minimum absolute atomic E-state index is 0.0266. The Bertz CT molecular complexity index is 252.